The van der Waals surface area contributed by atoms with Crippen LogP contribution < -0.4 is 5.32 Å². The summed E-state index contributed by atoms with van der Waals surface area (Å²) in [5, 5.41) is 11.4. The maximum Gasteiger partial charge on any atom is 0.110 e. The molecule has 0 aromatic heterocycles. The van der Waals surface area contributed by atoms with Crippen LogP contribution in [0.1, 0.15) is 20.8 Å². The number of nitrogens with one attached hydrogen (secondary N) is 1. The molecule has 0 spiro atoms. The van der Waals surface area contributed by atoms with Gasteiger partial charge in [-0.3, -0.25) is 5.26 Å². The van der Waals surface area contributed by atoms with E-state index in [1.165, 1.54) is 0 Å². The Bertz CT molecular complexity index is 88.1. The molecule has 0 aromatic carbocycles. The van der Waals surface area contributed by atoms with Gasteiger partial charge in [-0.05, 0) is 12.5 Å². The Balaban J connectivity index is 3.81. The van der Waals surface area contributed by atoms with E-state index in [-0.39, 0.29) is 11.5 Å². The third-order valence-corrected chi connectivity index (χ3v) is 1.48. The predicted octanol–water partition coefficient (Wildman–Crippen LogP) is 1.11. The average Bonchev–Trinajstić information content (AvgIpc) is 1.80. The second-order valence-electron chi connectivity index (χ2n) is 3.52. The fourth-order valence-electron chi connectivity index (χ4n) is 0.687. The molecule has 0 aliphatic carbocycles. The van der Waals surface area contributed by atoms with E-state index in [1.54, 1.807) is 0 Å². The SMILES string of the molecule is CNCC(OO)C(C)(C)C. The van der Waals surface area contributed by atoms with Gasteiger partial charge in [-0.1, -0.05) is 20.8 Å². The summed E-state index contributed by atoms with van der Waals surface area (Å²) in [6, 6.07) is 0. The zero-order valence-corrected chi connectivity index (χ0v) is 7.14. The van der Waals surface area contributed by atoms with Gasteiger partial charge in [0, 0.05) is 6.54 Å². The lowest BCUT2D eigenvalue weighted by molar-refractivity contribution is -0.297. The van der Waals surface area contributed by atoms with Gasteiger partial charge in [-0.15, -0.1) is 0 Å². The lowest BCUT2D eigenvalue weighted by Gasteiger charge is -2.26. The molecule has 0 aromatic rings. The van der Waals surface area contributed by atoms with Gasteiger partial charge >= 0.3 is 0 Å². The first kappa shape index (κ1) is 9.88. The van der Waals surface area contributed by atoms with Gasteiger partial charge in [0.1, 0.15) is 6.10 Å². The van der Waals surface area contributed by atoms with Crippen molar-refractivity contribution in [1.82, 2.24) is 5.32 Å². The average molecular weight is 147 g/mol. The molecule has 0 fully saturated rings. The van der Waals surface area contributed by atoms with E-state index in [0.717, 1.165) is 0 Å². The van der Waals surface area contributed by atoms with E-state index in [0.29, 0.717) is 6.54 Å². The molecule has 1 atom stereocenters. The Labute approximate surface area is 62.3 Å². The van der Waals surface area contributed by atoms with Gasteiger partial charge < -0.3 is 5.32 Å². The van der Waals surface area contributed by atoms with E-state index in [4.69, 9.17) is 5.26 Å². The van der Waals surface area contributed by atoms with Crippen LogP contribution >= 0.6 is 0 Å². The van der Waals surface area contributed by atoms with Crippen molar-refractivity contribution in [3.8, 4) is 0 Å². The molecule has 0 saturated heterocycles. The lowest BCUT2D eigenvalue weighted by atomic mass is 9.89. The second kappa shape index (κ2) is 3.91. The minimum atomic E-state index is -0.141. The molecule has 0 saturated carbocycles. The van der Waals surface area contributed by atoms with E-state index in [1.807, 2.05) is 27.8 Å². The molecule has 3 nitrogen and oxygen atoms in total. The van der Waals surface area contributed by atoms with Crippen LogP contribution in [0.5, 0.6) is 0 Å². The molecule has 0 aliphatic rings. The van der Waals surface area contributed by atoms with E-state index >= 15 is 0 Å². The van der Waals surface area contributed by atoms with Crippen LogP contribution in [0, 0.1) is 5.41 Å². The monoisotopic (exact) mass is 147 g/mol. The second-order valence-corrected chi connectivity index (χ2v) is 3.52. The molecule has 0 aliphatic heterocycles. The highest BCUT2D eigenvalue weighted by Gasteiger charge is 2.24. The summed E-state index contributed by atoms with van der Waals surface area (Å²) in [6.45, 7) is 6.72. The molecule has 3 heteroatoms. The molecular formula is C7H17NO2. The largest absolute Gasteiger partial charge is 0.317 e. The van der Waals surface area contributed by atoms with E-state index < -0.39 is 0 Å². The standard InChI is InChI=1S/C7H17NO2/c1-7(2,3)6(10-9)5-8-4/h6,8-9H,5H2,1-4H3. The molecule has 0 heterocycles. The van der Waals surface area contributed by atoms with E-state index in [2.05, 4.69) is 10.2 Å². The molecule has 62 valence electrons. The van der Waals surface area contributed by atoms with Crippen LogP contribution in [-0.2, 0) is 4.89 Å². The molecule has 0 amide bonds. The summed E-state index contributed by atoms with van der Waals surface area (Å²) in [5.41, 5.74) is -0.0161. The minimum absolute atomic E-state index is 0.0161. The first-order chi connectivity index (χ1) is 4.52. The van der Waals surface area contributed by atoms with Crippen LogP contribution in [0.15, 0.2) is 0 Å². The highest BCUT2D eigenvalue weighted by molar-refractivity contribution is 4.74. The third-order valence-electron chi connectivity index (χ3n) is 1.48. The molecule has 1 unspecified atom stereocenters. The predicted molar refractivity (Wildman–Crippen MR) is 40.9 cm³/mol. The quantitative estimate of drug-likeness (QED) is 0.464. The van der Waals surface area contributed by atoms with Gasteiger partial charge in [0.05, 0.1) is 0 Å². The summed E-state index contributed by atoms with van der Waals surface area (Å²) >= 11 is 0. The van der Waals surface area contributed by atoms with Crippen LogP contribution in [0.3, 0.4) is 0 Å². The molecule has 0 bridgehead atoms. The Hall–Kier alpha value is -0.120. The molecule has 0 rings (SSSR count). The summed E-state index contributed by atoms with van der Waals surface area (Å²) in [6.07, 6.45) is -0.141. The van der Waals surface area contributed by atoms with Crippen molar-refractivity contribution in [3.05, 3.63) is 0 Å². The zero-order chi connectivity index (χ0) is 8.20. The maximum absolute atomic E-state index is 8.45. The maximum atomic E-state index is 8.45. The normalized spacial score (nSPS) is 15.3. The topological polar surface area (TPSA) is 41.5 Å². The van der Waals surface area contributed by atoms with Crippen LogP contribution in [-0.4, -0.2) is 25.0 Å². The molecule has 2 N–H and O–H groups in total. The lowest BCUT2D eigenvalue weighted by Crippen LogP contribution is -2.36. The summed E-state index contributed by atoms with van der Waals surface area (Å²) in [7, 11) is 1.83. The van der Waals surface area contributed by atoms with Crippen LogP contribution in [0.4, 0.5) is 0 Å². The Morgan fingerprint density at radius 3 is 2.10 bits per heavy atom. The first-order valence-corrected chi connectivity index (χ1v) is 3.47. The Morgan fingerprint density at radius 1 is 1.50 bits per heavy atom. The van der Waals surface area contributed by atoms with Crippen molar-refractivity contribution in [2.45, 2.75) is 26.9 Å². The minimum Gasteiger partial charge on any atom is -0.317 e. The van der Waals surface area contributed by atoms with Crippen molar-refractivity contribution >= 4 is 0 Å². The zero-order valence-electron chi connectivity index (χ0n) is 7.14. The summed E-state index contributed by atoms with van der Waals surface area (Å²) in [5.74, 6) is 0. The van der Waals surface area contributed by atoms with Gasteiger partial charge in [-0.2, -0.15) is 0 Å². The molecule has 10 heavy (non-hydrogen) atoms. The van der Waals surface area contributed by atoms with Gasteiger partial charge in [-0.25, -0.2) is 4.89 Å². The summed E-state index contributed by atoms with van der Waals surface area (Å²) < 4.78 is 0. The van der Waals surface area contributed by atoms with Crippen molar-refractivity contribution < 1.29 is 10.1 Å². The van der Waals surface area contributed by atoms with Gasteiger partial charge in [0.15, 0.2) is 0 Å². The van der Waals surface area contributed by atoms with Gasteiger partial charge in [0.2, 0.25) is 0 Å². The Kier molecular flexibility index (Phi) is 3.86. The fraction of sp³-hybridized carbons (Fsp3) is 1.00. The number of hydrogen-bond donors (Lipinski definition) is 2. The Morgan fingerprint density at radius 2 is 2.00 bits per heavy atom. The van der Waals surface area contributed by atoms with Crippen molar-refractivity contribution in [2.75, 3.05) is 13.6 Å². The van der Waals surface area contributed by atoms with Crippen LogP contribution in [0.2, 0.25) is 0 Å². The highest BCUT2D eigenvalue weighted by Crippen LogP contribution is 2.20. The highest BCUT2D eigenvalue weighted by atomic mass is 17.1. The first-order valence-electron chi connectivity index (χ1n) is 3.47. The molecular weight excluding hydrogens is 130 g/mol. The van der Waals surface area contributed by atoms with Crippen molar-refractivity contribution in [1.29, 1.82) is 0 Å². The van der Waals surface area contributed by atoms with Crippen molar-refractivity contribution in [2.24, 2.45) is 5.41 Å². The van der Waals surface area contributed by atoms with Crippen LogP contribution in [0.25, 0.3) is 0 Å². The smallest absolute Gasteiger partial charge is 0.110 e. The third kappa shape index (κ3) is 3.15. The number of likely N-dealkylation sites (N-methyl/N-ethyl adjacent to an activating group) is 1. The molecule has 0 radical (unpaired) electrons. The number of rotatable bonds is 3. The van der Waals surface area contributed by atoms with Crippen molar-refractivity contribution in [3.63, 3.8) is 0 Å². The van der Waals surface area contributed by atoms with Gasteiger partial charge in [0.25, 0.3) is 0 Å². The van der Waals surface area contributed by atoms with E-state index in [9.17, 15) is 0 Å². The fourth-order valence-corrected chi connectivity index (χ4v) is 0.687. The summed E-state index contributed by atoms with van der Waals surface area (Å²) in [4.78, 5) is 4.29. The number of hydrogen-bond acceptors (Lipinski definition) is 3.